The third kappa shape index (κ3) is 5.31. The summed E-state index contributed by atoms with van der Waals surface area (Å²) in [6, 6.07) is 5.37. The monoisotopic (exact) mass is 407 g/mol. The minimum Gasteiger partial charge on any atom is -0.492 e. The third-order valence-corrected chi connectivity index (χ3v) is 5.51. The highest BCUT2D eigenvalue weighted by Crippen LogP contribution is 2.29. The molecular formula is C21H30ClN3O3. The molecule has 0 aromatic heterocycles. The summed E-state index contributed by atoms with van der Waals surface area (Å²) in [5.41, 5.74) is 0.648. The van der Waals surface area contributed by atoms with Crippen LogP contribution in [0.5, 0.6) is 5.75 Å². The molecule has 3 amide bonds. The molecule has 1 atom stereocenters. The summed E-state index contributed by atoms with van der Waals surface area (Å²) in [6.45, 7) is 7.60. The van der Waals surface area contributed by atoms with Crippen LogP contribution in [0.2, 0.25) is 5.02 Å². The number of ether oxygens (including phenoxy) is 1. The highest BCUT2D eigenvalue weighted by atomic mass is 35.5. The van der Waals surface area contributed by atoms with Gasteiger partial charge in [0.15, 0.2) is 0 Å². The molecule has 2 heterocycles. The van der Waals surface area contributed by atoms with Crippen molar-refractivity contribution in [3.05, 3.63) is 23.2 Å². The first-order valence-corrected chi connectivity index (χ1v) is 10.6. The zero-order valence-corrected chi connectivity index (χ0v) is 17.5. The van der Waals surface area contributed by atoms with Crippen LogP contribution in [-0.2, 0) is 4.79 Å². The Morgan fingerprint density at radius 2 is 1.89 bits per heavy atom. The Kier molecular flexibility index (Phi) is 7.05. The van der Waals surface area contributed by atoms with Crippen LogP contribution in [0.4, 0.5) is 10.5 Å². The number of likely N-dealkylation sites (tertiary alicyclic amines) is 2. The number of halogens is 1. The first-order chi connectivity index (χ1) is 13.4. The standard InChI is InChI=1S/C21H30ClN3O3/c1-15(2)14-28-19-8-7-17(12-18(19)22)23-20(26)16-6-5-11-25(13-16)21(27)24-9-3-4-10-24/h7-8,12,15-16H,3-6,9-11,13-14H2,1-2H3,(H,23,26). The molecule has 0 spiro atoms. The van der Waals surface area contributed by atoms with Crippen LogP contribution in [-0.4, -0.2) is 54.5 Å². The molecule has 28 heavy (non-hydrogen) atoms. The van der Waals surface area contributed by atoms with E-state index in [0.717, 1.165) is 45.3 Å². The lowest BCUT2D eigenvalue weighted by Gasteiger charge is -2.34. The van der Waals surface area contributed by atoms with E-state index in [0.29, 0.717) is 35.5 Å². The number of piperidine rings is 1. The van der Waals surface area contributed by atoms with Gasteiger partial charge in [-0.1, -0.05) is 25.4 Å². The molecule has 0 saturated carbocycles. The fraction of sp³-hybridized carbons (Fsp3) is 0.619. The van der Waals surface area contributed by atoms with Crippen LogP contribution in [0.3, 0.4) is 0 Å². The molecule has 2 saturated heterocycles. The van der Waals surface area contributed by atoms with E-state index in [2.05, 4.69) is 19.2 Å². The lowest BCUT2D eigenvalue weighted by molar-refractivity contribution is -0.121. The van der Waals surface area contributed by atoms with Crippen molar-refractivity contribution in [2.24, 2.45) is 11.8 Å². The fourth-order valence-electron chi connectivity index (χ4n) is 3.67. The summed E-state index contributed by atoms with van der Waals surface area (Å²) >= 11 is 6.28. The molecule has 1 aromatic carbocycles. The molecule has 2 aliphatic heterocycles. The van der Waals surface area contributed by atoms with Gasteiger partial charge in [-0.3, -0.25) is 4.79 Å². The smallest absolute Gasteiger partial charge is 0.320 e. The molecule has 1 N–H and O–H groups in total. The van der Waals surface area contributed by atoms with Gasteiger partial charge in [0.1, 0.15) is 5.75 Å². The fourth-order valence-corrected chi connectivity index (χ4v) is 3.90. The van der Waals surface area contributed by atoms with E-state index in [9.17, 15) is 9.59 Å². The number of nitrogens with zero attached hydrogens (tertiary/aromatic N) is 2. The summed E-state index contributed by atoms with van der Waals surface area (Å²) in [6.07, 6.45) is 3.78. The van der Waals surface area contributed by atoms with E-state index >= 15 is 0 Å². The molecule has 3 rings (SSSR count). The minimum atomic E-state index is -0.198. The number of anilines is 1. The van der Waals surface area contributed by atoms with Crippen molar-refractivity contribution < 1.29 is 14.3 Å². The average Bonchev–Trinajstić information content (AvgIpc) is 3.21. The van der Waals surface area contributed by atoms with Gasteiger partial charge in [-0.25, -0.2) is 4.79 Å². The number of carbonyl (C=O) groups excluding carboxylic acids is 2. The van der Waals surface area contributed by atoms with Crippen LogP contribution in [0.15, 0.2) is 18.2 Å². The van der Waals surface area contributed by atoms with E-state index in [1.165, 1.54) is 0 Å². The SMILES string of the molecule is CC(C)COc1ccc(NC(=O)C2CCCN(C(=O)N3CCCC3)C2)cc1Cl. The molecule has 0 aliphatic carbocycles. The van der Waals surface area contributed by atoms with Gasteiger partial charge in [-0.15, -0.1) is 0 Å². The molecule has 2 aliphatic rings. The molecule has 2 fully saturated rings. The molecule has 7 heteroatoms. The van der Waals surface area contributed by atoms with Crippen molar-refractivity contribution in [3.63, 3.8) is 0 Å². The van der Waals surface area contributed by atoms with Crippen molar-refractivity contribution in [2.45, 2.75) is 39.5 Å². The molecule has 1 unspecified atom stereocenters. The lowest BCUT2D eigenvalue weighted by atomic mass is 9.97. The quantitative estimate of drug-likeness (QED) is 0.793. The minimum absolute atomic E-state index is 0.0640. The predicted molar refractivity (Wildman–Crippen MR) is 111 cm³/mol. The maximum atomic E-state index is 12.7. The number of benzene rings is 1. The van der Waals surface area contributed by atoms with Crippen molar-refractivity contribution in [2.75, 3.05) is 38.1 Å². The van der Waals surface area contributed by atoms with E-state index < -0.39 is 0 Å². The van der Waals surface area contributed by atoms with E-state index in [4.69, 9.17) is 16.3 Å². The van der Waals surface area contributed by atoms with Crippen molar-refractivity contribution >= 4 is 29.2 Å². The van der Waals surface area contributed by atoms with Gasteiger partial charge in [0.25, 0.3) is 0 Å². The highest BCUT2D eigenvalue weighted by Gasteiger charge is 2.31. The third-order valence-electron chi connectivity index (χ3n) is 5.21. The summed E-state index contributed by atoms with van der Waals surface area (Å²) < 4.78 is 5.67. The van der Waals surface area contributed by atoms with Gasteiger partial charge in [-0.05, 0) is 49.8 Å². The summed E-state index contributed by atoms with van der Waals surface area (Å²) in [5, 5.41) is 3.42. The Morgan fingerprint density at radius 1 is 1.18 bits per heavy atom. The number of urea groups is 1. The number of rotatable bonds is 5. The molecule has 0 radical (unpaired) electrons. The van der Waals surface area contributed by atoms with Crippen molar-refractivity contribution in [1.29, 1.82) is 0 Å². The zero-order valence-electron chi connectivity index (χ0n) is 16.7. The van der Waals surface area contributed by atoms with Crippen LogP contribution in [0.25, 0.3) is 0 Å². The van der Waals surface area contributed by atoms with Gasteiger partial charge < -0.3 is 19.9 Å². The van der Waals surface area contributed by atoms with Crippen molar-refractivity contribution in [1.82, 2.24) is 9.80 Å². The Labute approximate surface area is 172 Å². The van der Waals surface area contributed by atoms with Gasteiger partial charge >= 0.3 is 6.03 Å². The van der Waals surface area contributed by atoms with Crippen molar-refractivity contribution in [3.8, 4) is 5.75 Å². The summed E-state index contributed by atoms with van der Waals surface area (Å²) in [7, 11) is 0. The summed E-state index contributed by atoms with van der Waals surface area (Å²) in [4.78, 5) is 29.1. The van der Waals surface area contributed by atoms with E-state index in [-0.39, 0.29) is 17.9 Å². The van der Waals surface area contributed by atoms with E-state index in [1.54, 1.807) is 18.2 Å². The first kappa shape index (κ1) is 20.8. The largest absolute Gasteiger partial charge is 0.492 e. The number of hydrogen-bond donors (Lipinski definition) is 1. The molecule has 6 nitrogen and oxygen atoms in total. The number of carbonyl (C=O) groups is 2. The van der Waals surface area contributed by atoms with Gasteiger partial charge in [-0.2, -0.15) is 0 Å². The second-order valence-electron chi connectivity index (χ2n) is 8.10. The van der Waals surface area contributed by atoms with Crippen LogP contribution in [0.1, 0.15) is 39.5 Å². The Morgan fingerprint density at radius 3 is 2.57 bits per heavy atom. The summed E-state index contributed by atoms with van der Waals surface area (Å²) in [5.74, 6) is 0.767. The number of nitrogens with one attached hydrogen (secondary N) is 1. The Balaban J connectivity index is 1.56. The van der Waals surface area contributed by atoms with Gasteiger partial charge in [0, 0.05) is 31.9 Å². The maximum absolute atomic E-state index is 12.7. The second kappa shape index (κ2) is 9.50. The van der Waals surface area contributed by atoms with Gasteiger partial charge in [0.2, 0.25) is 5.91 Å². The zero-order chi connectivity index (χ0) is 20.1. The van der Waals surface area contributed by atoms with Gasteiger partial charge in [0.05, 0.1) is 17.5 Å². The Hall–Kier alpha value is -1.95. The maximum Gasteiger partial charge on any atom is 0.320 e. The highest BCUT2D eigenvalue weighted by molar-refractivity contribution is 6.32. The topological polar surface area (TPSA) is 61.9 Å². The molecule has 154 valence electrons. The lowest BCUT2D eigenvalue weighted by Crippen LogP contribution is -2.48. The number of hydrogen-bond acceptors (Lipinski definition) is 3. The van der Waals surface area contributed by atoms with Crippen LogP contribution in [0, 0.1) is 11.8 Å². The second-order valence-corrected chi connectivity index (χ2v) is 8.51. The molecule has 0 bridgehead atoms. The average molecular weight is 408 g/mol. The molecule has 1 aromatic rings. The molecular weight excluding hydrogens is 378 g/mol. The predicted octanol–water partition coefficient (Wildman–Crippen LogP) is 4.24. The van der Waals surface area contributed by atoms with Crippen LogP contribution < -0.4 is 10.1 Å². The normalized spacial score (nSPS) is 19.8. The Bertz CT molecular complexity index is 704. The number of amides is 3. The first-order valence-electron chi connectivity index (χ1n) is 10.2. The van der Waals surface area contributed by atoms with E-state index in [1.807, 2.05) is 9.80 Å². The van der Waals surface area contributed by atoms with Crippen LogP contribution >= 0.6 is 11.6 Å².